The molecule has 1 atom stereocenters. The summed E-state index contributed by atoms with van der Waals surface area (Å²) < 4.78 is 0. The predicted octanol–water partition coefficient (Wildman–Crippen LogP) is 4.54. The Morgan fingerprint density at radius 3 is 2.36 bits per heavy atom. The van der Waals surface area contributed by atoms with E-state index in [0.29, 0.717) is 0 Å². The summed E-state index contributed by atoms with van der Waals surface area (Å²) in [6, 6.07) is 26.8. The molecule has 2 nitrogen and oxygen atoms in total. The maximum absolute atomic E-state index is 9.70. The highest BCUT2D eigenvalue weighted by Gasteiger charge is 2.18. The molecule has 3 aromatic rings. The number of nitriles is 1. The Morgan fingerprint density at radius 1 is 0.909 bits per heavy atom. The first-order chi connectivity index (χ1) is 10.8. The average molecular weight is 286 g/mol. The van der Waals surface area contributed by atoms with Crippen LogP contribution in [0.4, 0.5) is 0 Å². The van der Waals surface area contributed by atoms with Crippen LogP contribution < -0.4 is 0 Å². The molecule has 0 aliphatic heterocycles. The quantitative estimate of drug-likeness (QED) is 0.704. The van der Waals surface area contributed by atoms with Crippen LogP contribution in [0.5, 0.6) is 0 Å². The number of hydrogen-bond acceptors (Lipinski definition) is 2. The van der Waals surface area contributed by atoms with E-state index in [9.17, 15) is 5.26 Å². The zero-order valence-electron chi connectivity index (χ0n) is 12.6. The Labute approximate surface area is 131 Å². The molecule has 2 heteroatoms. The molecule has 3 rings (SSSR count). The largest absolute Gasteiger partial charge is 0.283 e. The molecule has 0 fully saturated rings. The van der Waals surface area contributed by atoms with Crippen molar-refractivity contribution >= 4 is 10.8 Å². The molecule has 0 amide bonds. The second kappa shape index (κ2) is 6.43. The van der Waals surface area contributed by atoms with E-state index in [1.807, 2.05) is 43.4 Å². The number of benzene rings is 3. The Bertz CT molecular complexity index is 797. The van der Waals surface area contributed by atoms with Crippen molar-refractivity contribution in [2.24, 2.45) is 0 Å². The minimum absolute atomic E-state index is 0.258. The molecule has 22 heavy (non-hydrogen) atoms. The third kappa shape index (κ3) is 2.86. The summed E-state index contributed by atoms with van der Waals surface area (Å²) in [6.45, 7) is 0.752. The van der Waals surface area contributed by atoms with E-state index in [-0.39, 0.29) is 6.04 Å². The summed E-state index contributed by atoms with van der Waals surface area (Å²) in [5.74, 6) is 0. The monoisotopic (exact) mass is 286 g/mol. The van der Waals surface area contributed by atoms with Crippen LogP contribution in [0.2, 0.25) is 0 Å². The van der Waals surface area contributed by atoms with Crippen LogP contribution in [0.15, 0.2) is 72.8 Å². The lowest BCUT2D eigenvalue weighted by molar-refractivity contribution is 0.284. The van der Waals surface area contributed by atoms with Gasteiger partial charge in [-0.3, -0.25) is 4.90 Å². The van der Waals surface area contributed by atoms with Gasteiger partial charge in [-0.1, -0.05) is 72.8 Å². The van der Waals surface area contributed by atoms with Gasteiger partial charge < -0.3 is 0 Å². The van der Waals surface area contributed by atoms with Gasteiger partial charge in [0.1, 0.15) is 6.04 Å². The van der Waals surface area contributed by atoms with E-state index in [1.54, 1.807) is 0 Å². The SMILES string of the molecule is CN(Cc1ccccc1)C(C#N)c1cccc2ccccc12. The summed E-state index contributed by atoms with van der Waals surface area (Å²) in [7, 11) is 2.00. The Hall–Kier alpha value is -2.63. The molecule has 0 radical (unpaired) electrons. The van der Waals surface area contributed by atoms with Crippen molar-refractivity contribution in [3.8, 4) is 6.07 Å². The maximum atomic E-state index is 9.70. The second-order valence-corrected chi connectivity index (χ2v) is 5.50. The van der Waals surface area contributed by atoms with Gasteiger partial charge in [0, 0.05) is 6.54 Å². The molecule has 0 aromatic heterocycles. The molecule has 0 bridgehead atoms. The third-order valence-electron chi connectivity index (χ3n) is 3.96. The van der Waals surface area contributed by atoms with Gasteiger partial charge in [-0.15, -0.1) is 0 Å². The Morgan fingerprint density at radius 2 is 1.59 bits per heavy atom. The Balaban J connectivity index is 1.95. The lowest BCUT2D eigenvalue weighted by Crippen LogP contribution is -2.23. The van der Waals surface area contributed by atoms with Crippen molar-refractivity contribution in [2.75, 3.05) is 7.05 Å². The topological polar surface area (TPSA) is 27.0 Å². The van der Waals surface area contributed by atoms with E-state index in [4.69, 9.17) is 0 Å². The third-order valence-corrected chi connectivity index (χ3v) is 3.96. The molecule has 0 aliphatic rings. The van der Waals surface area contributed by atoms with Gasteiger partial charge in [-0.2, -0.15) is 5.26 Å². The van der Waals surface area contributed by atoms with Crippen molar-refractivity contribution in [3.05, 3.63) is 83.9 Å². The number of hydrogen-bond donors (Lipinski definition) is 0. The highest BCUT2D eigenvalue weighted by molar-refractivity contribution is 5.86. The highest BCUT2D eigenvalue weighted by Crippen LogP contribution is 2.28. The molecule has 0 spiro atoms. The summed E-state index contributed by atoms with van der Waals surface area (Å²) >= 11 is 0. The zero-order chi connectivity index (χ0) is 15.4. The van der Waals surface area contributed by atoms with Crippen molar-refractivity contribution in [1.29, 1.82) is 5.26 Å². The molecule has 3 aromatic carbocycles. The van der Waals surface area contributed by atoms with Gasteiger partial charge in [-0.25, -0.2) is 0 Å². The van der Waals surface area contributed by atoms with E-state index in [0.717, 1.165) is 17.5 Å². The van der Waals surface area contributed by atoms with Gasteiger partial charge in [0.15, 0.2) is 0 Å². The van der Waals surface area contributed by atoms with Crippen LogP contribution in [0.3, 0.4) is 0 Å². The van der Waals surface area contributed by atoms with E-state index in [2.05, 4.69) is 47.4 Å². The Kier molecular flexibility index (Phi) is 4.18. The van der Waals surface area contributed by atoms with Crippen molar-refractivity contribution < 1.29 is 0 Å². The summed E-state index contributed by atoms with van der Waals surface area (Å²) in [5, 5.41) is 12.0. The first-order valence-electron chi connectivity index (χ1n) is 7.41. The molecule has 0 aliphatic carbocycles. The van der Waals surface area contributed by atoms with Gasteiger partial charge in [0.2, 0.25) is 0 Å². The molecule has 1 unspecified atom stereocenters. The normalized spacial score (nSPS) is 12.2. The van der Waals surface area contributed by atoms with Gasteiger partial charge >= 0.3 is 0 Å². The highest BCUT2D eigenvalue weighted by atomic mass is 15.1. The molecule has 0 N–H and O–H groups in total. The fourth-order valence-electron chi connectivity index (χ4n) is 2.86. The molecule has 0 heterocycles. The maximum Gasteiger partial charge on any atom is 0.124 e. The van der Waals surface area contributed by atoms with E-state index >= 15 is 0 Å². The fourth-order valence-corrected chi connectivity index (χ4v) is 2.86. The first kappa shape index (κ1) is 14.3. The summed E-state index contributed by atoms with van der Waals surface area (Å²) in [5.41, 5.74) is 2.28. The minimum Gasteiger partial charge on any atom is -0.283 e. The molecule has 0 saturated heterocycles. The number of rotatable bonds is 4. The van der Waals surface area contributed by atoms with Crippen LogP contribution in [0, 0.1) is 11.3 Å². The first-order valence-corrected chi connectivity index (χ1v) is 7.41. The van der Waals surface area contributed by atoms with E-state index < -0.39 is 0 Å². The summed E-state index contributed by atoms with van der Waals surface area (Å²) in [6.07, 6.45) is 0. The van der Waals surface area contributed by atoms with Crippen LogP contribution in [-0.4, -0.2) is 11.9 Å². The smallest absolute Gasteiger partial charge is 0.124 e. The second-order valence-electron chi connectivity index (χ2n) is 5.50. The molecular weight excluding hydrogens is 268 g/mol. The number of fused-ring (bicyclic) bond motifs is 1. The average Bonchev–Trinajstić information content (AvgIpc) is 2.57. The van der Waals surface area contributed by atoms with Crippen LogP contribution in [0.1, 0.15) is 17.2 Å². The zero-order valence-corrected chi connectivity index (χ0v) is 12.6. The lowest BCUT2D eigenvalue weighted by Gasteiger charge is -2.24. The molecule has 0 saturated carbocycles. The van der Waals surface area contributed by atoms with Crippen molar-refractivity contribution in [1.82, 2.24) is 4.90 Å². The van der Waals surface area contributed by atoms with Crippen LogP contribution >= 0.6 is 0 Å². The van der Waals surface area contributed by atoms with Gasteiger partial charge in [-0.05, 0) is 28.9 Å². The van der Waals surface area contributed by atoms with E-state index in [1.165, 1.54) is 10.9 Å². The van der Waals surface area contributed by atoms with Gasteiger partial charge in [0.25, 0.3) is 0 Å². The molecule has 108 valence electrons. The lowest BCUT2D eigenvalue weighted by atomic mass is 9.98. The van der Waals surface area contributed by atoms with Crippen LogP contribution in [-0.2, 0) is 6.54 Å². The summed E-state index contributed by atoms with van der Waals surface area (Å²) in [4.78, 5) is 2.09. The van der Waals surface area contributed by atoms with Crippen molar-refractivity contribution in [2.45, 2.75) is 12.6 Å². The standard InChI is InChI=1S/C20H18N2/c1-22(15-16-8-3-2-4-9-16)20(14-21)19-13-7-11-17-10-5-6-12-18(17)19/h2-13,20H,15H2,1H3. The number of nitrogens with zero attached hydrogens (tertiary/aromatic N) is 2. The molecular formula is C20H18N2. The fraction of sp³-hybridized carbons (Fsp3) is 0.150. The minimum atomic E-state index is -0.258. The van der Waals surface area contributed by atoms with Crippen LogP contribution in [0.25, 0.3) is 10.8 Å². The van der Waals surface area contributed by atoms with Crippen molar-refractivity contribution in [3.63, 3.8) is 0 Å². The predicted molar refractivity (Wildman–Crippen MR) is 90.2 cm³/mol. The van der Waals surface area contributed by atoms with Gasteiger partial charge in [0.05, 0.1) is 6.07 Å².